The lowest BCUT2D eigenvalue weighted by Crippen LogP contribution is -2.60. The molecule has 2 atom stereocenters. The molecule has 3 saturated heterocycles. The van der Waals surface area contributed by atoms with Crippen molar-refractivity contribution in [2.75, 3.05) is 54.9 Å². The number of carbonyl (C=O) groups excluding carboxylic acids is 4. The van der Waals surface area contributed by atoms with E-state index in [2.05, 4.69) is 20.9 Å². The van der Waals surface area contributed by atoms with Gasteiger partial charge in [0.25, 0.3) is 5.91 Å². The molecule has 4 heterocycles. The summed E-state index contributed by atoms with van der Waals surface area (Å²) in [5.41, 5.74) is -3.43. The van der Waals surface area contributed by atoms with E-state index in [0.29, 0.717) is 31.7 Å². The number of rotatable bonds is 11. The number of piperidine rings is 1. The molecule has 2 aromatic rings. The molecule has 0 spiro atoms. The average Bonchev–Trinajstić information content (AvgIpc) is 3.34. The normalized spacial score (nSPS) is 24.3. The minimum atomic E-state index is -4.89. The van der Waals surface area contributed by atoms with Crippen molar-refractivity contribution in [2.24, 2.45) is 0 Å². The van der Waals surface area contributed by atoms with Crippen molar-refractivity contribution in [3.8, 4) is 6.07 Å². The molecule has 3 aliphatic heterocycles. The number of anilines is 3. The van der Waals surface area contributed by atoms with Gasteiger partial charge < -0.3 is 20.3 Å². The summed E-state index contributed by atoms with van der Waals surface area (Å²) < 4.78 is 104. The molecular formula is C38H42F7N9O5S. The number of nitrogens with zero attached hydrogens (tertiary/aromatic N) is 6. The minimum Gasteiger partial charge on any atom is -0.377 e. The summed E-state index contributed by atoms with van der Waals surface area (Å²) in [5, 5.41) is 16.5. The Morgan fingerprint density at radius 3 is 2.38 bits per heavy atom. The Morgan fingerprint density at radius 2 is 1.73 bits per heavy atom. The lowest BCUT2D eigenvalue weighted by Gasteiger charge is -2.42. The maximum atomic E-state index is 14.4. The van der Waals surface area contributed by atoms with Gasteiger partial charge in [0.05, 0.1) is 36.7 Å². The number of pyridine rings is 1. The fraction of sp³-hybridized carbons (Fsp3) is 0.553. The number of ether oxygens (including phenoxy) is 1. The number of aromatic nitrogens is 1. The number of benzene rings is 1. The molecule has 1 aliphatic carbocycles. The van der Waals surface area contributed by atoms with Crippen molar-refractivity contribution >= 4 is 58.0 Å². The highest BCUT2D eigenvalue weighted by Gasteiger charge is 2.53. The molecule has 3 N–H and O–H groups in total. The van der Waals surface area contributed by atoms with Gasteiger partial charge in [0.2, 0.25) is 17.7 Å². The third-order valence-corrected chi connectivity index (χ3v) is 11.5. The SMILES string of the molecule is CC1(C)C(=O)N(c2cnc(C#N)c(C(F)(F)F)c2)C(=S)N1C1CCC(OCCN2CCN(CC(=O)Nc3cc(F)cc(NC4CCC(=O)NC4=O)c3)[C@@H](C(F)(F)F)C2)CC1. The monoisotopic (exact) mass is 869 g/mol. The lowest BCUT2D eigenvalue weighted by molar-refractivity contribution is -0.197. The summed E-state index contributed by atoms with van der Waals surface area (Å²) in [7, 11) is 0. The summed E-state index contributed by atoms with van der Waals surface area (Å²) in [6, 6.07) is 2.45. The van der Waals surface area contributed by atoms with Gasteiger partial charge in [-0.1, -0.05) is 0 Å². The van der Waals surface area contributed by atoms with E-state index in [1.165, 1.54) is 12.1 Å². The maximum absolute atomic E-state index is 14.4. The zero-order chi connectivity index (χ0) is 43.7. The van der Waals surface area contributed by atoms with Crippen LogP contribution in [0, 0.1) is 17.1 Å². The van der Waals surface area contributed by atoms with Gasteiger partial charge in [-0.2, -0.15) is 31.6 Å². The Balaban J connectivity index is 0.980. The van der Waals surface area contributed by atoms with E-state index >= 15 is 0 Å². The van der Waals surface area contributed by atoms with Crippen molar-refractivity contribution < 1.29 is 54.6 Å². The quantitative estimate of drug-likeness (QED) is 0.164. The largest absolute Gasteiger partial charge is 0.419 e. The number of nitrogens with one attached hydrogen (secondary N) is 3. The molecule has 4 aliphatic rings. The van der Waals surface area contributed by atoms with Crippen molar-refractivity contribution in [1.29, 1.82) is 5.26 Å². The van der Waals surface area contributed by atoms with E-state index in [-0.39, 0.29) is 73.4 Å². The number of nitriles is 1. The van der Waals surface area contributed by atoms with Gasteiger partial charge in [0, 0.05) is 50.0 Å². The summed E-state index contributed by atoms with van der Waals surface area (Å²) >= 11 is 5.64. The van der Waals surface area contributed by atoms with E-state index in [4.69, 9.17) is 22.2 Å². The Hall–Kier alpha value is -4.98. The van der Waals surface area contributed by atoms with Crippen LogP contribution in [0.15, 0.2) is 30.5 Å². The van der Waals surface area contributed by atoms with Gasteiger partial charge in [-0.25, -0.2) is 9.37 Å². The van der Waals surface area contributed by atoms with Gasteiger partial charge >= 0.3 is 12.4 Å². The number of thiocarbonyl (C=S) groups is 1. The molecule has 14 nitrogen and oxygen atoms in total. The van der Waals surface area contributed by atoms with Crippen molar-refractivity contribution in [3.05, 3.63) is 47.5 Å². The zero-order valence-electron chi connectivity index (χ0n) is 32.5. The predicted octanol–water partition coefficient (Wildman–Crippen LogP) is 4.56. The molecule has 1 unspecified atom stereocenters. The van der Waals surface area contributed by atoms with E-state index in [9.17, 15) is 49.9 Å². The van der Waals surface area contributed by atoms with Gasteiger partial charge in [0.15, 0.2) is 10.8 Å². The number of hydrogen-bond acceptors (Lipinski definition) is 11. The molecule has 4 amide bonds. The van der Waals surface area contributed by atoms with Crippen LogP contribution in [0.25, 0.3) is 0 Å². The number of hydrogen-bond donors (Lipinski definition) is 3. The number of piperazine rings is 1. The Labute approximate surface area is 345 Å². The fourth-order valence-electron chi connectivity index (χ4n) is 8.09. The molecule has 1 aromatic heterocycles. The number of imide groups is 1. The third-order valence-electron chi connectivity index (χ3n) is 11.1. The fourth-order valence-corrected chi connectivity index (χ4v) is 8.66. The van der Waals surface area contributed by atoms with E-state index in [1.807, 2.05) is 0 Å². The molecule has 1 aromatic carbocycles. The lowest BCUT2D eigenvalue weighted by atomic mass is 9.89. The molecule has 4 fully saturated rings. The van der Waals surface area contributed by atoms with Crippen LogP contribution in [-0.2, 0) is 30.1 Å². The van der Waals surface area contributed by atoms with Crippen LogP contribution >= 0.6 is 12.2 Å². The van der Waals surface area contributed by atoms with Gasteiger partial charge in [-0.15, -0.1) is 0 Å². The van der Waals surface area contributed by atoms with Crippen LogP contribution in [0.2, 0.25) is 0 Å². The molecule has 6 rings (SSSR count). The molecule has 324 valence electrons. The summed E-state index contributed by atoms with van der Waals surface area (Å²) in [6.45, 7) is 2.64. The minimum absolute atomic E-state index is 0.00674. The molecule has 1 saturated carbocycles. The molecular weight excluding hydrogens is 828 g/mol. The number of halogens is 7. The van der Waals surface area contributed by atoms with Crippen LogP contribution in [0.3, 0.4) is 0 Å². The van der Waals surface area contributed by atoms with Gasteiger partial charge in [-0.05, 0) is 82.4 Å². The third kappa shape index (κ3) is 9.96. The summed E-state index contributed by atoms with van der Waals surface area (Å²) in [5.74, 6) is -3.14. The Kier molecular flexibility index (Phi) is 13.0. The predicted molar refractivity (Wildman–Crippen MR) is 205 cm³/mol. The smallest absolute Gasteiger partial charge is 0.377 e. The first-order valence-corrected chi connectivity index (χ1v) is 19.6. The highest BCUT2D eigenvalue weighted by atomic mass is 32.1. The van der Waals surface area contributed by atoms with Crippen LogP contribution < -0.4 is 20.9 Å². The molecule has 22 heteroatoms. The standard InChI is InChI=1S/C38H42F7N9O5S/c1-36(2)34(58)53(25-16-27(37(40,41)42)29(17-46)47-18-25)35(60)54(36)24-3-5-26(6-4-24)59-12-11-51-9-10-52(30(19-51)38(43,44)45)20-32(56)49-23-14-21(39)13-22(15-23)48-28-7-8-31(55)50-33(28)57/h13-16,18,24,26,28,30,48H,3-12,19-20H2,1-2H3,(H,49,56)(H,50,55,57)/t24?,26?,28?,30-/m1/s1. The van der Waals surface area contributed by atoms with Crippen molar-refractivity contribution in [3.63, 3.8) is 0 Å². The zero-order valence-corrected chi connectivity index (χ0v) is 33.3. The first-order valence-electron chi connectivity index (χ1n) is 19.2. The average molecular weight is 870 g/mol. The van der Waals surface area contributed by atoms with E-state index in [0.717, 1.165) is 28.1 Å². The summed E-state index contributed by atoms with van der Waals surface area (Å²) in [6.07, 6.45) is -6.47. The Bertz CT molecular complexity index is 2060. The highest BCUT2D eigenvalue weighted by Crippen LogP contribution is 2.40. The van der Waals surface area contributed by atoms with Crippen molar-refractivity contribution in [2.45, 2.75) is 94.5 Å². The van der Waals surface area contributed by atoms with Crippen LogP contribution in [0.5, 0.6) is 0 Å². The first-order chi connectivity index (χ1) is 28.1. The molecule has 60 heavy (non-hydrogen) atoms. The van der Waals surface area contributed by atoms with E-state index in [1.54, 1.807) is 23.6 Å². The summed E-state index contributed by atoms with van der Waals surface area (Å²) in [4.78, 5) is 59.0. The second kappa shape index (κ2) is 17.6. The molecule has 0 bridgehead atoms. The second-order valence-electron chi connectivity index (χ2n) is 15.6. The number of amides is 4. The molecule has 0 radical (unpaired) electrons. The number of alkyl halides is 6. The highest BCUT2D eigenvalue weighted by molar-refractivity contribution is 7.80. The topological polar surface area (TPSA) is 163 Å². The second-order valence-corrected chi connectivity index (χ2v) is 16.0. The Morgan fingerprint density at radius 1 is 1.03 bits per heavy atom. The van der Waals surface area contributed by atoms with Crippen molar-refractivity contribution in [1.82, 2.24) is 25.0 Å². The van der Waals surface area contributed by atoms with Crippen LogP contribution in [0.1, 0.15) is 63.6 Å². The number of carbonyl (C=O) groups is 4. The van der Waals surface area contributed by atoms with Crippen LogP contribution in [0.4, 0.5) is 47.8 Å². The van der Waals surface area contributed by atoms with E-state index < -0.39 is 83.8 Å². The van der Waals surface area contributed by atoms with Crippen LogP contribution in [-0.4, -0.2) is 124 Å². The van der Waals surface area contributed by atoms with Gasteiger partial charge in [-0.3, -0.25) is 39.2 Å². The first kappa shape index (κ1) is 44.6. The maximum Gasteiger partial charge on any atom is 0.419 e. The van der Waals surface area contributed by atoms with Gasteiger partial charge in [0.1, 0.15) is 29.5 Å².